The SMILES string of the molecule is C=C[C@@H]1C[C@]1(NC(=O)[C@@H]1CCCN1C(=O)[C@@H](N(C)C(=O)OC1CCCC1)C(C)(C)C)P(=O)(O)Cc1ccccc1Br. The number of rotatable bonds is 9. The molecule has 4 rings (SSSR count). The largest absolute Gasteiger partial charge is 0.446 e. The number of ether oxygens (including phenoxy) is 1. The molecule has 0 spiro atoms. The van der Waals surface area contributed by atoms with Gasteiger partial charge in [0.2, 0.25) is 19.2 Å². The second-order valence-corrected chi connectivity index (χ2v) is 16.1. The molecule has 3 fully saturated rings. The van der Waals surface area contributed by atoms with Gasteiger partial charge in [0, 0.05) is 24.0 Å². The van der Waals surface area contributed by atoms with Crippen molar-refractivity contribution in [1.29, 1.82) is 0 Å². The first-order chi connectivity index (χ1) is 19.2. The van der Waals surface area contributed by atoms with Gasteiger partial charge in [0.1, 0.15) is 23.5 Å². The molecule has 5 atom stereocenters. The summed E-state index contributed by atoms with van der Waals surface area (Å²) in [6.07, 6.45) is 5.87. The zero-order valence-corrected chi connectivity index (χ0v) is 27.0. The molecule has 9 nitrogen and oxygen atoms in total. The lowest BCUT2D eigenvalue weighted by molar-refractivity contribution is -0.145. The molecule has 1 heterocycles. The number of halogens is 1. The number of carbonyl (C=O) groups is 3. The van der Waals surface area contributed by atoms with Crippen molar-refractivity contribution in [2.45, 2.75) is 95.3 Å². The van der Waals surface area contributed by atoms with Crippen LogP contribution >= 0.6 is 23.3 Å². The van der Waals surface area contributed by atoms with Gasteiger partial charge in [0.05, 0.1) is 6.16 Å². The van der Waals surface area contributed by atoms with Crippen LogP contribution in [0.4, 0.5) is 4.79 Å². The quantitative estimate of drug-likeness (QED) is 0.263. The Balaban J connectivity index is 1.52. The van der Waals surface area contributed by atoms with Crippen molar-refractivity contribution in [2.24, 2.45) is 11.3 Å². The highest BCUT2D eigenvalue weighted by molar-refractivity contribution is 9.10. The minimum Gasteiger partial charge on any atom is -0.446 e. The molecule has 0 aromatic heterocycles. The Morgan fingerprint density at radius 3 is 2.49 bits per heavy atom. The lowest BCUT2D eigenvalue weighted by Gasteiger charge is -2.40. The molecule has 41 heavy (non-hydrogen) atoms. The van der Waals surface area contributed by atoms with Crippen LogP contribution in [0.3, 0.4) is 0 Å². The van der Waals surface area contributed by atoms with E-state index in [0.29, 0.717) is 31.4 Å². The molecule has 1 aromatic rings. The smallest absolute Gasteiger partial charge is 0.410 e. The van der Waals surface area contributed by atoms with E-state index < -0.39 is 42.1 Å². The Kier molecular flexibility index (Phi) is 9.46. The predicted octanol–water partition coefficient (Wildman–Crippen LogP) is 5.65. The van der Waals surface area contributed by atoms with E-state index in [9.17, 15) is 23.8 Å². The molecule has 0 radical (unpaired) electrons. The summed E-state index contributed by atoms with van der Waals surface area (Å²) < 4.78 is 20.3. The second-order valence-electron chi connectivity index (χ2n) is 12.8. The average Bonchev–Trinajstić information content (AvgIpc) is 3.23. The molecule has 1 unspecified atom stereocenters. The summed E-state index contributed by atoms with van der Waals surface area (Å²) in [6.45, 7) is 9.84. The summed E-state index contributed by atoms with van der Waals surface area (Å²) in [7, 11) is -2.36. The standard InChI is InChI=1S/C30H43BrN3O6P/c1-6-21-18-30(21,41(38,39)19-20-12-7-10-15-23(20)31)32-26(35)24-16-11-17-34(24)27(36)25(29(2,3)4)33(5)28(37)40-22-13-8-9-14-22/h6-7,10,12,15,21-22,24-25H,1,8-9,11,13-14,16-19H2,2-5H3,(H,32,35)(H,38,39)/t21-,24+,25-,30+/m1/s1. The maximum Gasteiger partial charge on any atom is 0.410 e. The fourth-order valence-corrected chi connectivity index (χ4v) is 9.45. The molecule has 1 aliphatic heterocycles. The Morgan fingerprint density at radius 1 is 1.24 bits per heavy atom. The molecular weight excluding hydrogens is 609 g/mol. The molecule has 11 heteroatoms. The molecule has 226 valence electrons. The van der Waals surface area contributed by atoms with Crippen molar-refractivity contribution >= 4 is 41.2 Å². The zero-order valence-electron chi connectivity index (χ0n) is 24.5. The predicted molar refractivity (Wildman–Crippen MR) is 161 cm³/mol. The number of benzene rings is 1. The number of nitrogens with one attached hydrogen (secondary N) is 1. The van der Waals surface area contributed by atoms with Gasteiger partial charge in [-0.3, -0.25) is 19.1 Å². The van der Waals surface area contributed by atoms with Gasteiger partial charge in [-0.2, -0.15) is 0 Å². The Bertz CT molecular complexity index is 1230. The van der Waals surface area contributed by atoms with Crippen LogP contribution in [0.15, 0.2) is 41.4 Å². The summed E-state index contributed by atoms with van der Waals surface area (Å²) in [5.74, 6) is -1.13. The highest BCUT2D eigenvalue weighted by atomic mass is 79.9. The van der Waals surface area contributed by atoms with E-state index in [1.807, 2.05) is 32.9 Å². The zero-order chi connectivity index (χ0) is 30.2. The average molecular weight is 653 g/mol. The van der Waals surface area contributed by atoms with E-state index in [4.69, 9.17) is 4.74 Å². The lowest BCUT2D eigenvalue weighted by atomic mass is 9.84. The topological polar surface area (TPSA) is 116 Å². The molecular formula is C30H43BrN3O6P. The third-order valence-electron chi connectivity index (χ3n) is 8.71. The number of likely N-dealkylation sites (tertiary alicyclic amines) is 1. The van der Waals surface area contributed by atoms with Crippen molar-refractivity contribution in [2.75, 3.05) is 13.6 Å². The third-order valence-corrected chi connectivity index (χ3v) is 12.1. The summed E-state index contributed by atoms with van der Waals surface area (Å²) >= 11 is 3.45. The van der Waals surface area contributed by atoms with Crippen LogP contribution in [0.5, 0.6) is 0 Å². The highest BCUT2D eigenvalue weighted by Gasteiger charge is 2.65. The van der Waals surface area contributed by atoms with E-state index in [0.717, 1.165) is 30.2 Å². The first-order valence-electron chi connectivity index (χ1n) is 14.5. The van der Waals surface area contributed by atoms with Crippen LogP contribution in [0.25, 0.3) is 0 Å². The van der Waals surface area contributed by atoms with Crippen LogP contribution < -0.4 is 5.32 Å². The summed E-state index contributed by atoms with van der Waals surface area (Å²) in [5.41, 5.74) is 0.0551. The number of hydrogen-bond donors (Lipinski definition) is 2. The van der Waals surface area contributed by atoms with Crippen LogP contribution in [-0.2, 0) is 25.1 Å². The summed E-state index contributed by atoms with van der Waals surface area (Å²) in [4.78, 5) is 55.1. The Hall–Kier alpha value is -2.16. The van der Waals surface area contributed by atoms with Crippen molar-refractivity contribution in [1.82, 2.24) is 15.1 Å². The highest BCUT2D eigenvalue weighted by Crippen LogP contribution is 2.71. The first-order valence-corrected chi connectivity index (χ1v) is 17.1. The molecule has 3 amide bonds. The maximum absolute atomic E-state index is 14.0. The Labute approximate surface area is 251 Å². The fourth-order valence-electron chi connectivity index (χ4n) is 6.40. The molecule has 2 saturated carbocycles. The number of carbonyl (C=O) groups excluding carboxylic acids is 3. The maximum atomic E-state index is 14.0. The van der Waals surface area contributed by atoms with E-state index in [1.165, 1.54) is 9.80 Å². The Morgan fingerprint density at radius 2 is 1.90 bits per heavy atom. The van der Waals surface area contributed by atoms with E-state index in [-0.39, 0.29) is 24.1 Å². The van der Waals surface area contributed by atoms with E-state index in [2.05, 4.69) is 27.8 Å². The minimum absolute atomic E-state index is 0.105. The van der Waals surface area contributed by atoms with E-state index in [1.54, 1.807) is 25.3 Å². The van der Waals surface area contributed by atoms with Crippen LogP contribution in [0, 0.1) is 11.3 Å². The lowest BCUT2D eigenvalue weighted by Crippen LogP contribution is -2.59. The minimum atomic E-state index is -3.94. The van der Waals surface area contributed by atoms with Crippen LogP contribution in [0.1, 0.15) is 71.3 Å². The summed E-state index contributed by atoms with van der Waals surface area (Å²) in [6, 6.07) is 5.58. The van der Waals surface area contributed by atoms with Gasteiger partial charge in [-0.25, -0.2) is 4.79 Å². The van der Waals surface area contributed by atoms with Gasteiger partial charge >= 0.3 is 6.09 Å². The number of hydrogen-bond acceptors (Lipinski definition) is 5. The molecule has 1 aromatic carbocycles. The van der Waals surface area contributed by atoms with Gasteiger partial charge in [-0.15, -0.1) is 6.58 Å². The van der Waals surface area contributed by atoms with Crippen molar-refractivity contribution < 1.29 is 28.6 Å². The van der Waals surface area contributed by atoms with Gasteiger partial charge in [-0.05, 0) is 62.0 Å². The van der Waals surface area contributed by atoms with Crippen molar-refractivity contribution in [3.8, 4) is 0 Å². The fraction of sp³-hybridized carbons (Fsp3) is 0.633. The monoisotopic (exact) mass is 651 g/mol. The van der Waals surface area contributed by atoms with Gasteiger partial charge < -0.3 is 19.8 Å². The number of nitrogens with zero attached hydrogens (tertiary/aromatic N) is 2. The molecule has 2 N–H and O–H groups in total. The molecule has 2 aliphatic carbocycles. The normalized spacial score (nSPS) is 26.6. The van der Waals surface area contributed by atoms with Crippen molar-refractivity contribution in [3.05, 3.63) is 47.0 Å². The van der Waals surface area contributed by atoms with Crippen molar-refractivity contribution in [3.63, 3.8) is 0 Å². The van der Waals surface area contributed by atoms with Gasteiger partial charge in [0.15, 0.2) is 0 Å². The molecule has 1 saturated heterocycles. The second kappa shape index (κ2) is 12.2. The van der Waals surface area contributed by atoms with Crippen LogP contribution in [0.2, 0.25) is 0 Å². The third kappa shape index (κ3) is 6.60. The molecule has 0 bridgehead atoms. The van der Waals surface area contributed by atoms with E-state index >= 15 is 0 Å². The molecule has 3 aliphatic rings. The summed E-state index contributed by atoms with van der Waals surface area (Å²) in [5, 5.41) is 1.59. The first kappa shape index (κ1) is 31.8. The number of amides is 3. The number of likely N-dealkylation sites (N-methyl/N-ethyl adjacent to an activating group) is 1. The van der Waals surface area contributed by atoms with Gasteiger partial charge in [-0.1, -0.05) is 61.0 Å². The van der Waals surface area contributed by atoms with Gasteiger partial charge in [0.25, 0.3) is 0 Å². The van der Waals surface area contributed by atoms with Crippen LogP contribution in [-0.4, -0.2) is 69.7 Å².